The summed E-state index contributed by atoms with van der Waals surface area (Å²) in [4.78, 5) is 9.11. The third kappa shape index (κ3) is 5.19. The van der Waals surface area contributed by atoms with Crippen molar-refractivity contribution in [2.45, 2.75) is 26.6 Å². The highest BCUT2D eigenvalue weighted by Gasteiger charge is 2.05. The molecule has 2 heterocycles. The molecule has 5 nitrogen and oxygen atoms in total. The van der Waals surface area contributed by atoms with Gasteiger partial charge in [-0.3, -0.25) is 0 Å². The number of imidazole rings is 1. The lowest BCUT2D eigenvalue weighted by Crippen LogP contribution is -2.37. The predicted molar refractivity (Wildman–Crippen MR) is 104 cm³/mol. The van der Waals surface area contributed by atoms with Gasteiger partial charge in [-0.25, -0.2) is 9.98 Å². The van der Waals surface area contributed by atoms with Crippen molar-refractivity contribution in [2.75, 3.05) is 6.54 Å². The van der Waals surface area contributed by atoms with Crippen LogP contribution in [0, 0.1) is 0 Å². The minimum absolute atomic E-state index is 0.634. The van der Waals surface area contributed by atoms with Gasteiger partial charge in [0.1, 0.15) is 5.82 Å². The number of aliphatic imine (C=N–C) groups is 1. The first-order chi connectivity index (χ1) is 12.3. The standard InChI is InChI=1S/C19H23N5S/c1-2-20-19(22-12-17-8-11-25-15-17)23-13-18-21-9-10-24(18)14-16-6-4-3-5-7-16/h3-11,15H,2,12-14H2,1H3,(H2,20,22,23). The Labute approximate surface area is 152 Å². The van der Waals surface area contributed by atoms with E-state index in [0.29, 0.717) is 13.1 Å². The second-order valence-electron chi connectivity index (χ2n) is 5.64. The lowest BCUT2D eigenvalue weighted by Gasteiger charge is -2.12. The van der Waals surface area contributed by atoms with E-state index >= 15 is 0 Å². The minimum Gasteiger partial charge on any atom is -0.357 e. The van der Waals surface area contributed by atoms with Crippen molar-refractivity contribution in [2.24, 2.45) is 4.99 Å². The molecule has 0 spiro atoms. The molecule has 0 radical (unpaired) electrons. The smallest absolute Gasteiger partial charge is 0.191 e. The third-order valence-electron chi connectivity index (χ3n) is 3.76. The van der Waals surface area contributed by atoms with Crippen LogP contribution in [0.25, 0.3) is 0 Å². The Kier molecular flexibility index (Phi) is 6.23. The molecule has 0 aliphatic carbocycles. The predicted octanol–water partition coefficient (Wildman–Crippen LogP) is 3.25. The maximum Gasteiger partial charge on any atom is 0.191 e. The summed E-state index contributed by atoms with van der Waals surface area (Å²) >= 11 is 1.70. The molecular weight excluding hydrogens is 330 g/mol. The van der Waals surface area contributed by atoms with E-state index in [2.05, 4.69) is 73.2 Å². The fourth-order valence-corrected chi connectivity index (χ4v) is 3.15. The zero-order valence-corrected chi connectivity index (χ0v) is 15.2. The van der Waals surface area contributed by atoms with Gasteiger partial charge in [0, 0.05) is 25.5 Å². The summed E-state index contributed by atoms with van der Waals surface area (Å²) in [6.45, 7) is 5.03. The van der Waals surface area contributed by atoms with Crippen LogP contribution in [-0.4, -0.2) is 22.1 Å². The molecule has 1 aromatic carbocycles. The highest BCUT2D eigenvalue weighted by Crippen LogP contribution is 2.07. The van der Waals surface area contributed by atoms with E-state index in [-0.39, 0.29) is 0 Å². The molecule has 0 atom stereocenters. The molecule has 2 aromatic heterocycles. The van der Waals surface area contributed by atoms with Crippen molar-refractivity contribution in [1.82, 2.24) is 20.2 Å². The molecule has 25 heavy (non-hydrogen) atoms. The molecular formula is C19H23N5S. The lowest BCUT2D eigenvalue weighted by molar-refractivity contribution is 0.688. The van der Waals surface area contributed by atoms with Crippen LogP contribution in [0.5, 0.6) is 0 Å². The van der Waals surface area contributed by atoms with E-state index in [0.717, 1.165) is 24.9 Å². The summed E-state index contributed by atoms with van der Waals surface area (Å²) in [5.41, 5.74) is 2.49. The Balaban J connectivity index is 1.61. The van der Waals surface area contributed by atoms with Crippen molar-refractivity contribution < 1.29 is 0 Å². The molecule has 0 aliphatic rings. The van der Waals surface area contributed by atoms with Gasteiger partial charge in [0.05, 0.1) is 13.1 Å². The third-order valence-corrected chi connectivity index (χ3v) is 4.49. The number of guanidine groups is 1. The van der Waals surface area contributed by atoms with Gasteiger partial charge < -0.3 is 15.2 Å². The van der Waals surface area contributed by atoms with Gasteiger partial charge in [-0.1, -0.05) is 30.3 Å². The van der Waals surface area contributed by atoms with Crippen molar-refractivity contribution in [3.8, 4) is 0 Å². The van der Waals surface area contributed by atoms with Gasteiger partial charge in [-0.2, -0.15) is 11.3 Å². The number of hydrogen-bond donors (Lipinski definition) is 2. The van der Waals surface area contributed by atoms with Gasteiger partial charge >= 0.3 is 0 Å². The number of hydrogen-bond acceptors (Lipinski definition) is 3. The van der Waals surface area contributed by atoms with Crippen LogP contribution in [-0.2, 0) is 19.6 Å². The van der Waals surface area contributed by atoms with Gasteiger partial charge in [-0.15, -0.1) is 0 Å². The van der Waals surface area contributed by atoms with Crippen LogP contribution in [0.4, 0.5) is 0 Å². The Bertz CT molecular complexity index is 777. The number of benzene rings is 1. The monoisotopic (exact) mass is 353 g/mol. The summed E-state index contributed by atoms with van der Waals surface area (Å²) < 4.78 is 2.16. The molecule has 2 N–H and O–H groups in total. The first-order valence-electron chi connectivity index (χ1n) is 8.42. The fraction of sp³-hybridized carbons (Fsp3) is 0.263. The van der Waals surface area contributed by atoms with Gasteiger partial charge in [-0.05, 0) is 34.9 Å². The lowest BCUT2D eigenvalue weighted by atomic mass is 10.2. The van der Waals surface area contributed by atoms with Gasteiger partial charge in [0.2, 0.25) is 0 Å². The quantitative estimate of drug-likeness (QED) is 0.506. The summed E-state index contributed by atoms with van der Waals surface area (Å²) in [6, 6.07) is 12.5. The first kappa shape index (κ1) is 17.2. The number of nitrogens with zero attached hydrogens (tertiary/aromatic N) is 3. The van der Waals surface area contributed by atoms with Crippen LogP contribution in [0.15, 0.2) is 64.5 Å². The summed E-state index contributed by atoms with van der Waals surface area (Å²) in [5.74, 6) is 1.80. The van der Waals surface area contributed by atoms with Gasteiger partial charge in [0.15, 0.2) is 5.96 Å². The zero-order valence-electron chi connectivity index (χ0n) is 14.4. The molecule has 0 aliphatic heterocycles. The number of thiophene rings is 1. The van der Waals surface area contributed by atoms with Gasteiger partial charge in [0.25, 0.3) is 0 Å². The van der Waals surface area contributed by atoms with E-state index in [1.807, 2.05) is 18.5 Å². The van der Waals surface area contributed by atoms with Crippen LogP contribution in [0.3, 0.4) is 0 Å². The van der Waals surface area contributed by atoms with Crippen LogP contribution in [0.2, 0.25) is 0 Å². The average Bonchev–Trinajstić information content (AvgIpc) is 3.30. The second kappa shape index (κ2) is 9.03. The molecule has 0 saturated heterocycles. The van der Waals surface area contributed by atoms with Crippen molar-refractivity contribution in [1.29, 1.82) is 0 Å². The van der Waals surface area contributed by atoms with Crippen LogP contribution in [0.1, 0.15) is 23.9 Å². The molecule has 130 valence electrons. The Morgan fingerprint density at radius 2 is 2.04 bits per heavy atom. The van der Waals surface area contributed by atoms with E-state index < -0.39 is 0 Å². The Hall–Kier alpha value is -2.60. The van der Waals surface area contributed by atoms with Crippen LogP contribution < -0.4 is 10.6 Å². The average molecular weight is 353 g/mol. The molecule has 3 aromatic rings. The number of aromatic nitrogens is 2. The highest BCUT2D eigenvalue weighted by atomic mass is 32.1. The molecule has 0 fully saturated rings. The van der Waals surface area contributed by atoms with E-state index in [1.54, 1.807) is 11.3 Å². The summed E-state index contributed by atoms with van der Waals surface area (Å²) in [5, 5.41) is 10.9. The largest absolute Gasteiger partial charge is 0.357 e. The minimum atomic E-state index is 0.634. The molecule has 3 rings (SSSR count). The molecule has 6 heteroatoms. The van der Waals surface area contributed by atoms with Crippen LogP contribution >= 0.6 is 11.3 Å². The molecule has 0 bridgehead atoms. The van der Waals surface area contributed by atoms with Crippen molar-refractivity contribution >= 4 is 17.3 Å². The Morgan fingerprint density at radius 1 is 1.16 bits per heavy atom. The number of rotatable bonds is 7. The van der Waals surface area contributed by atoms with E-state index in [9.17, 15) is 0 Å². The molecule has 0 saturated carbocycles. The topological polar surface area (TPSA) is 54.2 Å². The fourth-order valence-electron chi connectivity index (χ4n) is 2.49. The maximum absolute atomic E-state index is 4.63. The summed E-state index contributed by atoms with van der Waals surface area (Å²) in [6.07, 6.45) is 3.86. The summed E-state index contributed by atoms with van der Waals surface area (Å²) in [7, 11) is 0. The zero-order chi connectivity index (χ0) is 17.3. The first-order valence-corrected chi connectivity index (χ1v) is 9.36. The number of nitrogens with one attached hydrogen (secondary N) is 2. The Morgan fingerprint density at radius 3 is 2.80 bits per heavy atom. The SMILES string of the molecule is CCNC(=NCc1ccsc1)NCc1nccn1Cc1ccccc1. The second-order valence-corrected chi connectivity index (χ2v) is 6.42. The molecule has 0 amide bonds. The molecule has 0 unspecified atom stereocenters. The maximum atomic E-state index is 4.63. The van der Waals surface area contributed by atoms with Crippen molar-refractivity contribution in [3.05, 3.63) is 76.5 Å². The van der Waals surface area contributed by atoms with Crippen molar-refractivity contribution in [3.63, 3.8) is 0 Å². The highest BCUT2D eigenvalue weighted by molar-refractivity contribution is 7.07. The van der Waals surface area contributed by atoms with E-state index in [4.69, 9.17) is 0 Å². The normalized spacial score (nSPS) is 11.5. The van der Waals surface area contributed by atoms with E-state index in [1.165, 1.54) is 11.1 Å².